The Morgan fingerprint density at radius 1 is 1.43 bits per heavy atom. The molecule has 1 aromatic rings. The lowest BCUT2D eigenvalue weighted by atomic mass is 10.1. The third kappa shape index (κ3) is 2.78. The van der Waals surface area contributed by atoms with Gasteiger partial charge in [0.2, 0.25) is 5.89 Å². The number of aliphatic hydroxyl groups excluding tert-OH is 1. The van der Waals surface area contributed by atoms with Gasteiger partial charge in [0.1, 0.15) is 6.04 Å². The molecular formula is C9H17N3O2. The normalized spacial score (nSPS) is 15.9. The molecule has 0 bridgehead atoms. The minimum absolute atomic E-state index is 0.302. The summed E-state index contributed by atoms with van der Waals surface area (Å²) in [5.74, 6) is 1.42. The molecule has 0 fully saturated rings. The molecular weight excluding hydrogens is 182 g/mol. The molecule has 0 aliphatic heterocycles. The van der Waals surface area contributed by atoms with Crippen molar-refractivity contribution in [2.45, 2.75) is 39.3 Å². The standard InChI is InChI=1S/C9H17N3O2/c1-5(2)4-7-11-9(14-12-7)8(10)6(3)13/h5-6,8,13H,4,10H2,1-3H3/t6-,8+/m1/s1. The van der Waals surface area contributed by atoms with Crippen molar-refractivity contribution in [1.29, 1.82) is 0 Å². The maximum atomic E-state index is 9.21. The van der Waals surface area contributed by atoms with Crippen LogP contribution in [0.25, 0.3) is 0 Å². The molecule has 0 amide bonds. The quantitative estimate of drug-likeness (QED) is 0.743. The lowest BCUT2D eigenvalue weighted by Crippen LogP contribution is -2.23. The van der Waals surface area contributed by atoms with Crippen LogP contribution in [-0.4, -0.2) is 21.4 Å². The molecule has 0 saturated heterocycles. The number of rotatable bonds is 4. The summed E-state index contributed by atoms with van der Waals surface area (Å²) >= 11 is 0. The summed E-state index contributed by atoms with van der Waals surface area (Å²) < 4.78 is 4.94. The van der Waals surface area contributed by atoms with E-state index < -0.39 is 12.1 Å². The molecule has 0 saturated carbocycles. The molecule has 0 radical (unpaired) electrons. The van der Waals surface area contributed by atoms with Gasteiger partial charge in [-0.25, -0.2) is 0 Å². The van der Waals surface area contributed by atoms with Crippen LogP contribution in [0.4, 0.5) is 0 Å². The zero-order valence-corrected chi connectivity index (χ0v) is 8.77. The van der Waals surface area contributed by atoms with Crippen molar-refractivity contribution in [3.8, 4) is 0 Å². The summed E-state index contributed by atoms with van der Waals surface area (Å²) in [6, 6.07) is -0.594. The van der Waals surface area contributed by atoms with E-state index in [1.165, 1.54) is 0 Å². The highest BCUT2D eigenvalue weighted by Crippen LogP contribution is 2.13. The Hall–Kier alpha value is -0.940. The van der Waals surface area contributed by atoms with Gasteiger partial charge in [0, 0.05) is 6.42 Å². The molecule has 14 heavy (non-hydrogen) atoms. The highest BCUT2D eigenvalue weighted by atomic mass is 16.5. The highest BCUT2D eigenvalue weighted by molar-refractivity contribution is 4.94. The Morgan fingerprint density at radius 3 is 2.57 bits per heavy atom. The van der Waals surface area contributed by atoms with Crippen LogP contribution in [0.1, 0.15) is 38.5 Å². The highest BCUT2D eigenvalue weighted by Gasteiger charge is 2.19. The molecule has 0 unspecified atom stereocenters. The van der Waals surface area contributed by atoms with Crippen LogP contribution in [0.2, 0.25) is 0 Å². The van der Waals surface area contributed by atoms with Crippen molar-refractivity contribution >= 4 is 0 Å². The first kappa shape index (κ1) is 11.1. The average molecular weight is 199 g/mol. The lowest BCUT2D eigenvalue weighted by Gasteiger charge is -2.08. The maximum absolute atomic E-state index is 9.21. The number of aliphatic hydroxyl groups is 1. The third-order valence-electron chi connectivity index (χ3n) is 1.88. The number of hydrogen-bond acceptors (Lipinski definition) is 5. The zero-order valence-electron chi connectivity index (χ0n) is 8.77. The van der Waals surface area contributed by atoms with Gasteiger partial charge in [-0.15, -0.1) is 0 Å². The van der Waals surface area contributed by atoms with Crippen LogP contribution in [0.5, 0.6) is 0 Å². The largest absolute Gasteiger partial charge is 0.391 e. The SMILES string of the molecule is CC(C)Cc1noc([C@@H](N)[C@@H](C)O)n1. The first-order valence-corrected chi connectivity index (χ1v) is 4.76. The van der Waals surface area contributed by atoms with Gasteiger partial charge in [-0.05, 0) is 12.8 Å². The Bertz CT molecular complexity index is 283. The van der Waals surface area contributed by atoms with Gasteiger partial charge in [0.05, 0.1) is 6.10 Å². The van der Waals surface area contributed by atoms with Crippen molar-refractivity contribution in [2.24, 2.45) is 11.7 Å². The number of hydrogen-bond donors (Lipinski definition) is 2. The van der Waals surface area contributed by atoms with Crippen molar-refractivity contribution in [2.75, 3.05) is 0 Å². The molecule has 0 aliphatic rings. The van der Waals surface area contributed by atoms with Gasteiger partial charge < -0.3 is 15.4 Å². The number of nitrogens with zero attached hydrogens (tertiary/aromatic N) is 2. The van der Waals surface area contributed by atoms with Gasteiger partial charge in [0.25, 0.3) is 0 Å². The van der Waals surface area contributed by atoms with Gasteiger partial charge in [-0.3, -0.25) is 0 Å². The zero-order chi connectivity index (χ0) is 10.7. The van der Waals surface area contributed by atoms with Crippen LogP contribution in [0.3, 0.4) is 0 Å². The van der Waals surface area contributed by atoms with Crippen LogP contribution in [0, 0.1) is 5.92 Å². The Morgan fingerprint density at radius 2 is 2.07 bits per heavy atom. The summed E-state index contributed by atoms with van der Waals surface area (Å²) in [5, 5.41) is 13.0. The van der Waals surface area contributed by atoms with Crippen molar-refractivity contribution in [3.63, 3.8) is 0 Å². The smallest absolute Gasteiger partial charge is 0.246 e. The molecule has 5 nitrogen and oxygen atoms in total. The minimum Gasteiger partial charge on any atom is -0.391 e. The summed E-state index contributed by atoms with van der Waals surface area (Å²) in [4.78, 5) is 4.11. The van der Waals surface area contributed by atoms with Crippen LogP contribution < -0.4 is 5.73 Å². The molecule has 0 spiro atoms. The molecule has 1 rings (SSSR count). The van der Waals surface area contributed by atoms with Crippen molar-refractivity contribution in [1.82, 2.24) is 10.1 Å². The van der Waals surface area contributed by atoms with Gasteiger partial charge in [-0.1, -0.05) is 19.0 Å². The summed E-state index contributed by atoms with van der Waals surface area (Å²) in [6.07, 6.45) is 0.0816. The average Bonchev–Trinajstić information content (AvgIpc) is 2.50. The van der Waals surface area contributed by atoms with Crippen molar-refractivity contribution in [3.05, 3.63) is 11.7 Å². The van der Waals surface area contributed by atoms with Crippen molar-refractivity contribution < 1.29 is 9.63 Å². The molecule has 1 aromatic heterocycles. The van der Waals surface area contributed by atoms with E-state index in [9.17, 15) is 5.11 Å². The Labute approximate surface area is 83.3 Å². The second-order valence-corrected chi connectivity index (χ2v) is 3.91. The van der Waals surface area contributed by atoms with Gasteiger partial charge in [-0.2, -0.15) is 4.98 Å². The number of nitrogens with two attached hydrogens (primary N) is 1. The Balaban J connectivity index is 2.67. The van der Waals surface area contributed by atoms with Gasteiger partial charge in [0.15, 0.2) is 5.82 Å². The minimum atomic E-state index is -0.678. The maximum Gasteiger partial charge on any atom is 0.246 e. The van der Waals surface area contributed by atoms with Crippen LogP contribution in [-0.2, 0) is 6.42 Å². The first-order chi connectivity index (χ1) is 6.50. The molecule has 0 aromatic carbocycles. The van der Waals surface area contributed by atoms with Crippen LogP contribution >= 0.6 is 0 Å². The van der Waals surface area contributed by atoms with E-state index in [2.05, 4.69) is 24.0 Å². The summed E-state index contributed by atoms with van der Waals surface area (Å²) in [7, 11) is 0. The van der Waals surface area contributed by atoms with Crippen LogP contribution in [0.15, 0.2) is 4.52 Å². The topological polar surface area (TPSA) is 85.2 Å². The fourth-order valence-electron chi connectivity index (χ4n) is 1.06. The van der Waals surface area contributed by atoms with Gasteiger partial charge >= 0.3 is 0 Å². The molecule has 80 valence electrons. The monoisotopic (exact) mass is 199 g/mol. The van der Waals surface area contributed by atoms with E-state index in [1.807, 2.05) is 0 Å². The Kier molecular flexibility index (Phi) is 3.60. The van der Waals surface area contributed by atoms with E-state index >= 15 is 0 Å². The lowest BCUT2D eigenvalue weighted by molar-refractivity contribution is 0.146. The predicted molar refractivity (Wildman–Crippen MR) is 51.4 cm³/mol. The fraction of sp³-hybridized carbons (Fsp3) is 0.778. The second kappa shape index (κ2) is 4.52. The van der Waals surface area contributed by atoms with E-state index in [4.69, 9.17) is 10.3 Å². The molecule has 2 atom stereocenters. The molecule has 1 heterocycles. The third-order valence-corrected chi connectivity index (χ3v) is 1.88. The van der Waals surface area contributed by atoms with E-state index in [1.54, 1.807) is 6.92 Å². The summed E-state index contributed by atoms with van der Waals surface area (Å²) in [6.45, 7) is 5.74. The second-order valence-electron chi connectivity index (χ2n) is 3.91. The molecule has 3 N–H and O–H groups in total. The molecule has 5 heteroatoms. The molecule has 0 aliphatic carbocycles. The predicted octanol–water partition coefficient (Wildman–Crippen LogP) is 0.649. The fourth-order valence-corrected chi connectivity index (χ4v) is 1.06. The number of aromatic nitrogens is 2. The van der Waals surface area contributed by atoms with E-state index in [0.717, 1.165) is 6.42 Å². The van der Waals surface area contributed by atoms with E-state index in [0.29, 0.717) is 17.6 Å². The van der Waals surface area contributed by atoms with E-state index in [-0.39, 0.29) is 0 Å². The first-order valence-electron chi connectivity index (χ1n) is 4.76. The summed E-state index contributed by atoms with van der Waals surface area (Å²) in [5.41, 5.74) is 5.64.